The highest BCUT2D eigenvalue weighted by molar-refractivity contribution is 5.76. The van der Waals surface area contributed by atoms with Crippen LogP contribution in [-0.2, 0) is 16.1 Å². The molecule has 1 heterocycles. The lowest BCUT2D eigenvalue weighted by Gasteiger charge is -2.21. The van der Waals surface area contributed by atoms with E-state index < -0.39 is 6.10 Å². The summed E-state index contributed by atoms with van der Waals surface area (Å²) in [6.07, 6.45) is -0.569. The standard InChI is InChI=1S/C19H30N2O4/c1-19(2,3)9-17(22)21-11-16-18(23)15(12-25-16)20-10-13-5-7-14(24-4)8-6-13/h5-8,15-16,18,20,23H,9-12H2,1-4H3,(H,21,22). The van der Waals surface area contributed by atoms with Crippen LogP contribution in [0, 0.1) is 5.41 Å². The van der Waals surface area contributed by atoms with Crippen LogP contribution in [0.25, 0.3) is 0 Å². The molecule has 140 valence electrons. The summed E-state index contributed by atoms with van der Waals surface area (Å²) in [5.74, 6) is 0.803. The second-order valence-corrected chi connectivity index (χ2v) is 7.74. The average Bonchev–Trinajstić information content (AvgIpc) is 2.90. The Kier molecular flexibility index (Phi) is 6.81. The number of rotatable bonds is 7. The van der Waals surface area contributed by atoms with Crippen molar-refractivity contribution in [1.29, 1.82) is 0 Å². The van der Waals surface area contributed by atoms with E-state index in [-0.39, 0.29) is 23.5 Å². The number of carbonyl (C=O) groups is 1. The van der Waals surface area contributed by atoms with Crippen LogP contribution in [0.1, 0.15) is 32.8 Å². The van der Waals surface area contributed by atoms with Gasteiger partial charge < -0.3 is 25.2 Å². The van der Waals surface area contributed by atoms with Gasteiger partial charge in [-0.3, -0.25) is 4.79 Å². The van der Waals surface area contributed by atoms with Gasteiger partial charge in [0.05, 0.1) is 25.9 Å². The second kappa shape index (κ2) is 8.65. The summed E-state index contributed by atoms with van der Waals surface area (Å²) in [5.41, 5.74) is 1.05. The summed E-state index contributed by atoms with van der Waals surface area (Å²) in [6.45, 7) is 7.46. The van der Waals surface area contributed by atoms with E-state index in [2.05, 4.69) is 10.6 Å². The van der Waals surface area contributed by atoms with Crippen LogP contribution in [0.4, 0.5) is 0 Å². The Hall–Kier alpha value is -1.63. The number of methoxy groups -OCH3 is 1. The Morgan fingerprint density at radius 3 is 2.60 bits per heavy atom. The maximum atomic E-state index is 11.9. The van der Waals surface area contributed by atoms with Gasteiger partial charge in [0, 0.05) is 19.5 Å². The number of ether oxygens (including phenoxy) is 2. The lowest BCUT2D eigenvalue weighted by atomic mass is 9.92. The number of nitrogens with one attached hydrogen (secondary N) is 2. The predicted octanol–water partition coefficient (Wildman–Crippen LogP) is 1.47. The number of carbonyl (C=O) groups excluding carboxylic acids is 1. The first-order valence-electron chi connectivity index (χ1n) is 8.71. The van der Waals surface area contributed by atoms with Gasteiger partial charge in [0.1, 0.15) is 11.9 Å². The van der Waals surface area contributed by atoms with Gasteiger partial charge in [-0.2, -0.15) is 0 Å². The van der Waals surface area contributed by atoms with Crippen LogP contribution < -0.4 is 15.4 Å². The van der Waals surface area contributed by atoms with Crippen LogP contribution >= 0.6 is 0 Å². The Bertz CT molecular complexity index is 554. The number of amides is 1. The minimum atomic E-state index is -0.645. The fraction of sp³-hybridized carbons (Fsp3) is 0.632. The lowest BCUT2D eigenvalue weighted by Crippen LogP contribution is -2.44. The van der Waals surface area contributed by atoms with Crippen LogP contribution in [0.3, 0.4) is 0 Å². The van der Waals surface area contributed by atoms with Crippen molar-refractivity contribution < 1.29 is 19.4 Å². The van der Waals surface area contributed by atoms with E-state index in [1.807, 2.05) is 45.0 Å². The molecule has 0 aromatic heterocycles. The summed E-state index contributed by atoms with van der Waals surface area (Å²) in [7, 11) is 1.64. The highest BCUT2D eigenvalue weighted by Gasteiger charge is 2.35. The molecule has 0 bridgehead atoms. The molecule has 2 rings (SSSR count). The molecule has 3 atom stereocenters. The molecular weight excluding hydrogens is 320 g/mol. The van der Waals surface area contributed by atoms with Gasteiger partial charge in [-0.1, -0.05) is 32.9 Å². The third kappa shape index (κ3) is 6.30. The highest BCUT2D eigenvalue weighted by Crippen LogP contribution is 2.19. The summed E-state index contributed by atoms with van der Waals surface area (Å²) in [5, 5.41) is 16.6. The first-order chi connectivity index (χ1) is 11.8. The maximum Gasteiger partial charge on any atom is 0.220 e. The summed E-state index contributed by atoms with van der Waals surface area (Å²) >= 11 is 0. The lowest BCUT2D eigenvalue weighted by molar-refractivity contribution is -0.123. The average molecular weight is 350 g/mol. The van der Waals surface area contributed by atoms with Crippen molar-refractivity contribution in [2.75, 3.05) is 20.3 Å². The fourth-order valence-electron chi connectivity index (χ4n) is 2.79. The zero-order valence-electron chi connectivity index (χ0n) is 15.5. The Morgan fingerprint density at radius 2 is 2.00 bits per heavy atom. The zero-order valence-corrected chi connectivity index (χ0v) is 15.5. The van der Waals surface area contributed by atoms with Crippen molar-refractivity contribution in [1.82, 2.24) is 10.6 Å². The van der Waals surface area contributed by atoms with Crippen molar-refractivity contribution in [2.24, 2.45) is 5.41 Å². The molecule has 6 nitrogen and oxygen atoms in total. The molecule has 0 saturated carbocycles. The normalized spacial score (nSPS) is 23.5. The predicted molar refractivity (Wildman–Crippen MR) is 96.5 cm³/mol. The van der Waals surface area contributed by atoms with Crippen LogP contribution in [0.15, 0.2) is 24.3 Å². The molecule has 0 spiro atoms. The van der Waals surface area contributed by atoms with Crippen LogP contribution in [0.2, 0.25) is 0 Å². The molecule has 0 radical (unpaired) electrons. The van der Waals surface area contributed by atoms with Crippen molar-refractivity contribution >= 4 is 5.91 Å². The number of benzene rings is 1. The Labute approximate surface area is 149 Å². The third-order valence-corrected chi connectivity index (χ3v) is 4.20. The molecule has 3 N–H and O–H groups in total. The van der Waals surface area contributed by atoms with Crippen molar-refractivity contribution in [2.45, 2.75) is 52.0 Å². The fourth-order valence-corrected chi connectivity index (χ4v) is 2.79. The number of hydrogen-bond donors (Lipinski definition) is 3. The first-order valence-corrected chi connectivity index (χ1v) is 8.71. The van der Waals surface area contributed by atoms with Gasteiger partial charge in [0.15, 0.2) is 0 Å². The smallest absolute Gasteiger partial charge is 0.220 e. The molecule has 25 heavy (non-hydrogen) atoms. The SMILES string of the molecule is COc1ccc(CNC2COC(CNC(=O)CC(C)(C)C)C2O)cc1. The van der Waals surface area contributed by atoms with E-state index in [0.29, 0.717) is 26.1 Å². The van der Waals surface area contributed by atoms with E-state index in [1.54, 1.807) is 7.11 Å². The number of aliphatic hydroxyl groups excluding tert-OH is 1. The largest absolute Gasteiger partial charge is 0.497 e. The molecule has 6 heteroatoms. The molecule has 1 aliphatic heterocycles. The zero-order chi connectivity index (χ0) is 18.4. The highest BCUT2D eigenvalue weighted by atomic mass is 16.5. The van der Waals surface area contributed by atoms with E-state index in [9.17, 15) is 9.90 Å². The second-order valence-electron chi connectivity index (χ2n) is 7.74. The monoisotopic (exact) mass is 350 g/mol. The molecule has 1 aliphatic rings. The maximum absolute atomic E-state index is 11.9. The van der Waals surface area contributed by atoms with E-state index in [1.165, 1.54) is 0 Å². The van der Waals surface area contributed by atoms with Gasteiger partial charge in [-0.05, 0) is 23.1 Å². The van der Waals surface area contributed by atoms with Gasteiger partial charge in [-0.25, -0.2) is 0 Å². The Balaban J connectivity index is 1.74. The van der Waals surface area contributed by atoms with Gasteiger partial charge in [-0.15, -0.1) is 0 Å². The quantitative estimate of drug-likeness (QED) is 0.694. The Morgan fingerprint density at radius 1 is 1.32 bits per heavy atom. The van der Waals surface area contributed by atoms with Gasteiger partial charge in [0.2, 0.25) is 5.91 Å². The summed E-state index contributed by atoms with van der Waals surface area (Å²) in [4.78, 5) is 11.9. The number of aliphatic hydroxyl groups is 1. The summed E-state index contributed by atoms with van der Waals surface area (Å²) < 4.78 is 10.8. The molecule has 0 aliphatic carbocycles. The number of hydrogen-bond acceptors (Lipinski definition) is 5. The molecule has 1 saturated heterocycles. The molecule has 1 aromatic rings. The first kappa shape index (κ1) is 19.7. The third-order valence-electron chi connectivity index (χ3n) is 4.20. The van der Waals surface area contributed by atoms with Crippen molar-refractivity contribution in [3.8, 4) is 5.75 Å². The van der Waals surface area contributed by atoms with Gasteiger partial charge >= 0.3 is 0 Å². The minimum absolute atomic E-state index is 0.0158. The van der Waals surface area contributed by atoms with Crippen LogP contribution in [-0.4, -0.2) is 49.5 Å². The van der Waals surface area contributed by atoms with Crippen molar-refractivity contribution in [3.63, 3.8) is 0 Å². The molecule has 1 aromatic carbocycles. The minimum Gasteiger partial charge on any atom is -0.497 e. The summed E-state index contributed by atoms with van der Waals surface area (Å²) in [6, 6.07) is 7.64. The van der Waals surface area contributed by atoms with E-state index >= 15 is 0 Å². The molecule has 1 amide bonds. The van der Waals surface area contributed by atoms with Crippen molar-refractivity contribution in [3.05, 3.63) is 29.8 Å². The molecule has 1 fully saturated rings. The van der Waals surface area contributed by atoms with Gasteiger partial charge in [0.25, 0.3) is 0 Å². The molecular formula is C19H30N2O4. The van der Waals surface area contributed by atoms with E-state index in [0.717, 1.165) is 11.3 Å². The molecule has 3 unspecified atom stereocenters. The van der Waals surface area contributed by atoms with Crippen LogP contribution in [0.5, 0.6) is 5.75 Å². The van der Waals surface area contributed by atoms with E-state index in [4.69, 9.17) is 9.47 Å². The topological polar surface area (TPSA) is 79.8 Å².